The molecular formula is C16H26N2O2. The molecule has 0 spiro atoms. The van der Waals surface area contributed by atoms with Crippen LogP contribution >= 0.6 is 0 Å². The Balaban J connectivity index is 2.25. The number of hydrogen-bond acceptors (Lipinski definition) is 4. The van der Waals surface area contributed by atoms with Crippen molar-refractivity contribution in [3.63, 3.8) is 0 Å². The largest absolute Gasteiger partial charge is 0.489 e. The average molecular weight is 278 g/mol. The first-order valence-electron chi connectivity index (χ1n) is 7.55. The molecular weight excluding hydrogens is 252 g/mol. The van der Waals surface area contributed by atoms with E-state index in [0.717, 1.165) is 24.4 Å². The third-order valence-electron chi connectivity index (χ3n) is 3.78. The zero-order valence-corrected chi connectivity index (χ0v) is 12.5. The van der Waals surface area contributed by atoms with Crippen molar-refractivity contribution >= 4 is 11.4 Å². The molecule has 1 aliphatic rings. The summed E-state index contributed by atoms with van der Waals surface area (Å²) in [6, 6.07) is 6.12. The van der Waals surface area contributed by atoms with Gasteiger partial charge in [0.05, 0.1) is 24.4 Å². The Hall–Kier alpha value is -1.42. The number of anilines is 2. The molecule has 0 aliphatic carbocycles. The van der Waals surface area contributed by atoms with Gasteiger partial charge in [-0.25, -0.2) is 0 Å². The van der Waals surface area contributed by atoms with Gasteiger partial charge in [0.15, 0.2) is 0 Å². The third kappa shape index (κ3) is 3.57. The fourth-order valence-corrected chi connectivity index (χ4v) is 2.76. The number of hydrogen-bond donors (Lipinski definition) is 2. The van der Waals surface area contributed by atoms with Crippen LogP contribution in [-0.2, 0) is 0 Å². The summed E-state index contributed by atoms with van der Waals surface area (Å²) in [5.41, 5.74) is 7.73. The second-order valence-corrected chi connectivity index (χ2v) is 5.77. The van der Waals surface area contributed by atoms with E-state index >= 15 is 0 Å². The maximum atomic E-state index is 9.62. The Bertz CT molecular complexity index is 434. The van der Waals surface area contributed by atoms with Crippen LogP contribution in [0.3, 0.4) is 0 Å². The quantitative estimate of drug-likeness (QED) is 0.832. The Morgan fingerprint density at radius 1 is 1.35 bits per heavy atom. The van der Waals surface area contributed by atoms with E-state index in [1.165, 1.54) is 19.3 Å². The van der Waals surface area contributed by atoms with E-state index in [4.69, 9.17) is 10.5 Å². The van der Waals surface area contributed by atoms with Gasteiger partial charge in [-0.2, -0.15) is 0 Å². The van der Waals surface area contributed by atoms with Gasteiger partial charge in [0.25, 0.3) is 0 Å². The number of nitrogens with two attached hydrogens (primary N) is 1. The molecule has 0 aromatic heterocycles. The van der Waals surface area contributed by atoms with Crippen molar-refractivity contribution in [3.05, 3.63) is 18.2 Å². The first-order chi connectivity index (χ1) is 9.61. The van der Waals surface area contributed by atoms with Crippen molar-refractivity contribution in [2.75, 3.05) is 23.8 Å². The number of nitrogens with zero attached hydrogens (tertiary/aromatic N) is 1. The number of aliphatic hydroxyl groups is 1. The number of ether oxygens (including phenoxy) is 1. The van der Waals surface area contributed by atoms with Crippen LogP contribution in [0.1, 0.15) is 39.5 Å². The maximum absolute atomic E-state index is 9.62. The van der Waals surface area contributed by atoms with Crippen molar-refractivity contribution in [3.8, 4) is 5.75 Å². The first kappa shape index (κ1) is 15.0. The van der Waals surface area contributed by atoms with Crippen LogP contribution in [0.25, 0.3) is 0 Å². The summed E-state index contributed by atoms with van der Waals surface area (Å²) in [7, 11) is 0. The van der Waals surface area contributed by atoms with Gasteiger partial charge in [0, 0.05) is 18.3 Å². The highest BCUT2D eigenvalue weighted by Gasteiger charge is 2.21. The molecule has 1 atom stereocenters. The predicted octanol–water partition coefficient (Wildman–Crippen LogP) is 2.80. The van der Waals surface area contributed by atoms with E-state index in [2.05, 4.69) is 4.90 Å². The second kappa shape index (κ2) is 6.84. The Morgan fingerprint density at radius 3 is 2.85 bits per heavy atom. The summed E-state index contributed by atoms with van der Waals surface area (Å²) in [6.07, 6.45) is 4.73. The van der Waals surface area contributed by atoms with Gasteiger partial charge in [0.2, 0.25) is 0 Å². The molecule has 4 nitrogen and oxygen atoms in total. The fourth-order valence-electron chi connectivity index (χ4n) is 2.76. The predicted molar refractivity (Wildman–Crippen MR) is 83.3 cm³/mol. The van der Waals surface area contributed by atoms with Crippen molar-refractivity contribution in [2.24, 2.45) is 0 Å². The molecule has 20 heavy (non-hydrogen) atoms. The molecule has 112 valence electrons. The highest BCUT2D eigenvalue weighted by atomic mass is 16.5. The number of rotatable bonds is 4. The summed E-state index contributed by atoms with van der Waals surface area (Å²) >= 11 is 0. The first-order valence-corrected chi connectivity index (χ1v) is 7.55. The lowest BCUT2D eigenvalue weighted by atomic mass is 10.1. The molecule has 0 bridgehead atoms. The SMILES string of the molecule is CC(C)Oc1cc(N2CCCCCC2CO)ccc1N. The fraction of sp³-hybridized carbons (Fsp3) is 0.625. The van der Waals surface area contributed by atoms with Crippen LogP contribution in [0.5, 0.6) is 5.75 Å². The molecule has 1 fully saturated rings. The molecule has 1 saturated heterocycles. The summed E-state index contributed by atoms with van der Waals surface area (Å²) in [4.78, 5) is 2.29. The van der Waals surface area contributed by atoms with Gasteiger partial charge in [-0.15, -0.1) is 0 Å². The molecule has 1 unspecified atom stereocenters. The van der Waals surface area contributed by atoms with Crippen LogP contribution in [0.4, 0.5) is 11.4 Å². The Kier molecular flexibility index (Phi) is 5.12. The Labute approximate surface area is 121 Å². The van der Waals surface area contributed by atoms with Gasteiger partial charge in [-0.1, -0.05) is 12.8 Å². The smallest absolute Gasteiger partial charge is 0.144 e. The van der Waals surface area contributed by atoms with E-state index in [-0.39, 0.29) is 18.8 Å². The topological polar surface area (TPSA) is 58.7 Å². The van der Waals surface area contributed by atoms with Crippen LogP contribution in [0.2, 0.25) is 0 Å². The van der Waals surface area contributed by atoms with Gasteiger partial charge in [-0.3, -0.25) is 0 Å². The van der Waals surface area contributed by atoms with E-state index in [0.29, 0.717) is 5.69 Å². The van der Waals surface area contributed by atoms with Crippen LogP contribution in [-0.4, -0.2) is 30.4 Å². The zero-order valence-electron chi connectivity index (χ0n) is 12.5. The number of aliphatic hydroxyl groups excluding tert-OH is 1. The van der Waals surface area contributed by atoms with Crippen molar-refractivity contribution in [1.82, 2.24) is 0 Å². The monoisotopic (exact) mass is 278 g/mol. The van der Waals surface area contributed by atoms with E-state index in [9.17, 15) is 5.11 Å². The lowest BCUT2D eigenvalue weighted by molar-refractivity contribution is 0.243. The highest BCUT2D eigenvalue weighted by molar-refractivity contribution is 5.62. The summed E-state index contributed by atoms with van der Waals surface area (Å²) in [5.74, 6) is 0.735. The molecule has 0 radical (unpaired) electrons. The van der Waals surface area contributed by atoms with Crippen molar-refractivity contribution < 1.29 is 9.84 Å². The van der Waals surface area contributed by atoms with Crippen molar-refractivity contribution in [1.29, 1.82) is 0 Å². The van der Waals surface area contributed by atoms with E-state index in [1.807, 2.05) is 32.0 Å². The summed E-state index contributed by atoms with van der Waals surface area (Å²) < 4.78 is 5.76. The minimum absolute atomic E-state index is 0.102. The molecule has 1 aromatic carbocycles. The summed E-state index contributed by atoms with van der Waals surface area (Å²) in [5, 5.41) is 9.62. The second-order valence-electron chi connectivity index (χ2n) is 5.77. The lowest BCUT2D eigenvalue weighted by Crippen LogP contribution is -2.37. The third-order valence-corrected chi connectivity index (χ3v) is 3.78. The number of nitrogen functional groups attached to an aromatic ring is 1. The lowest BCUT2D eigenvalue weighted by Gasteiger charge is -2.31. The van der Waals surface area contributed by atoms with Crippen LogP contribution in [0.15, 0.2) is 18.2 Å². The standard InChI is InChI=1S/C16H26N2O2/c1-12(2)20-16-10-13(7-8-15(16)17)18-9-5-3-4-6-14(18)11-19/h7-8,10,12,14,19H,3-6,9,11,17H2,1-2H3. The molecule has 0 saturated carbocycles. The normalized spacial score (nSPS) is 20.0. The van der Waals surface area contributed by atoms with E-state index in [1.54, 1.807) is 0 Å². The Morgan fingerprint density at radius 2 is 2.15 bits per heavy atom. The van der Waals surface area contributed by atoms with Crippen LogP contribution in [0, 0.1) is 0 Å². The molecule has 1 aromatic rings. The molecule has 1 aliphatic heterocycles. The minimum Gasteiger partial charge on any atom is -0.489 e. The average Bonchev–Trinajstić information content (AvgIpc) is 2.66. The molecule has 2 rings (SSSR count). The highest BCUT2D eigenvalue weighted by Crippen LogP contribution is 2.31. The summed E-state index contributed by atoms with van der Waals surface area (Å²) in [6.45, 7) is 5.17. The molecule has 1 heterocycles. The van der Waals surface area contributed by atoms with Gasteiger partial charge >= 0.3 is 0 Å². The van der Waals surface area contributed by atoms with Gasteiger partial charge < -0.3 is 20.5 Å². The number of benzene rings is 1. The zero-order chi connectivity index (χ0) is 14.5. The maximum Gasteiger partial charge on any atom is 0.144 e. The van der Waals surface area contributed by atoms with Crippen molar-refractivity contribution in [2.45, 2.75) is 51.7 Å². The van der Waals surface area contributed by atoms with E-state index < -0.39 is 0 Å². The molecule has 0 amide bonds. The van der Waals surface area contributed by atoms with Gasteiger partial charge in [-0.05, 0) is 38.8 Å². The van der Waals surface area contributed by atoms with Gasteiger partial charge in [0.1, 0.15) is 5.75 Å². The molecule has 4 heteroatoms. The minimum atomic E-state index is 0.102. The molecule has 3 N–H and O–H groups in total. The van der Waals surface area contributed by atoms with Crippen LogP contribution < -0.4 is 15.4 Å².